The lowest BCUT2D eigenvalue weighted by Gasteiger charge is -2.15. The quantitative estimate of drug-likeness (QED) is 0.186. The summed E-state index contributed by atoms with van der Waals surface area (Å²) in [7, 11) is 1.53. The first kappa shape index (κ1) is 24.7. The van der Waals surface area contributed by atoms with Gasteiger partial charge in [-0.15, -0.1) is 0 Å². The van der Waals surface area contributed by atoms with Crippen LogP contribution in [-0.4, -0.2) is 28.6 Å². The number of aromatic amines is 1. The van der Waals surface area contributed by atoms with Gasteiger partial charge in [0.25, 0.3) is 0 Å². The van der Waals surface area contributed by atoms with Crippen molar-refractivity contribution < 1.29 is 9.15 Å². The van der Waals surface area contributed by atoms with E-state index in [-0.39, 0.29) is 0 Å². The topological polar surface area (TPSA) is 112 Å². The predicted octanol–water partition coefficient (Wildman–Crippen LogP) is 6.48. The van der Waals surface area contributed by atoms with E-state index >= 15 is 0 Å². The number of furan rings is 1. The van der Waals surface area contributed by atoms with Crippen molar-refractivity contribution in [1.82, 2.24) is 20.3 Å². The average molecular weight is 533 g/mol. The summed E-state index contributed by atoms with van der Waals surface area (Å²) in [6.45, 7) is 1.39. The monoisotopic (exact) mass is 532 g/mol. The number of aromatic nitrogens is 3. The Labute approximate surface area is 223 Å². The summed E-state index contributed by atoms with van der Waals surface area (Å²) in [6.07, 6.45) is 5.91. The van der Waals surface area contributed by atoms with Crippen LogP contribution in [-0.2, 0) is 13.0 Å². The minimum Gasteiger partial charge on any atom is -0.495 e. The molecule has 0 radical (unpaired) electrons. The highest BCUT2D eigenvalue weighted by atomic mass is 35.5. The third-order valence-corrected chi connectivity index (χ3v) is 6.44. The van der Waals surface area contributed by atoms with E-state index in [1.807, 2.05) is 36.5 Å². The molecule has 5 rings (SSSR count). The lowest BCUT2D eigenvalue weighted by atomic mass is 10.1. The molecule has 0 atom stereocenters. The molecule has 0 aliphatic carbocycles. The molecule has 0 saturated heterocycles. The van der Waals surface area contributed by atoms with Crippen LogP contribution >= 0.6 is 23.2 Å². The summed E-state index contributed by atoms with van der Waals surface area (Å²) in [4.78, 5) is 11.8. The van der Waals surface area contributed by atoms with E-state index in [1.165, 1.54) is 13.3 Å². The van der Waals surface area contributed by atoms with Gasteiger partial charge in [-0.3, -0.25) is 4.98 Å². The van der Waals surface area contributed by atoms with E-state index in [1.54, 1.807) is 18.3 Å². The molecule has 0 amide bonds. The molecule has 3 heterocycles. The molecule has 0 saturated carbocycles. The van der Waals surface area contributed by atoms with Gasteiger partial charge in [0.15, 0.2) is 0 Å². The molecule has 2 aromatic carbocycles. The van der Waals surface area contributed by atoms with Gasteiger partial charge in [-0.2, -0.15) is 5.26 Å². The molecule has 0 aliphatic heterocycles. The van der Waals surface area contributed by atoms with E-state index in [9.17, 15) is 5.26 Å². The van der Waals surface area contributed by atoms with Crippen LogP contribution in [0.5, 0.6) is 5.75 Å². The number of pyridine rings is 1. The maximum Gasteiger partial charge on any atom is 0.139 e. The zero-order valence-corrected chi connectivity index (χ0v) is 21.3. The first-order valence-corrected chi connectivity index (χ1v) is 12.2. The van der Waals surface area contributed by atoms with Crippen LogP contribution in [0.1, 0.15) is 17.1 Å². The maximum atomic E-state index is 9.71. The zero-order valence-electron chi connectivity index (χ0n) is 19.8. The fourth-order valence-corrected chi connectivity index (χ4v) is 4.47. The van der Waals surface area contributed by atoms with Gasteiger partial charge in [0.1, 0.15) is 29.2 Å². The molecule has 5 aromatic rings. The van der Waals surface area contributed by atoms with E-state index in [0.717, 1.165) is 41.3 Å². The number of halogens is 2. The van der Waals surface area contributed by atoms with Crippen LogP contribution in [0.2, 0.25) is 10.0 Å². The average Bonchev–Trinajstić information content (AvgIpc) is 3.60. The Morgan fingerprint density at radius 2 is 2.00 bits per heavy atom. The summed E-state index contributed by atoms with van der Waals surface area (Å²) in [6, 6.07) is 15.1. The summed E-state index contributed by atoms with van der Waals surface area (Å²) < 4.78 is 11.4. The van der Waals surface area contributed by atoms with Crippen LogP contribution in [0.15, 0.2) is 65.5 Å². The fourth-order valence-electron chi connectivity index (χ4n) is 3.96. The number of hydrogen-bond donors (Lipinski definition) is 3. The number of imidazole rings is 1. The Morgan fingerprint density at radius 3 is 2.78 bits per heavy atom. The first-order chi connectivity index (χ1) is 18.1. The lowest BCUT2D eigenvalue weighted by molar-refractivity contribution is 0.415. The number of anilines is 2. The van der Waals surface area contributed by atoms with Gasteiger partial charge < -0.3 is 24.8 Å². The smallest absolute Gasteiger partial charge is 0.139 e. The highest BCUT2D eigenvalue weighted by molar-refractivity contribution is 6.37. The van der Waals surface area contributed by atoms with Gasteiger partial charge in [-0.05, 0) is 30.3 Å². The first-order valence-electron chi connectivity index (χ1n) is 11.5. The van der Waals surface area contributed by atoms with Crippen molar-refractivity contribution in [1.29, 1.82) is 5.26 Å². The Balaban J connectivity index is 1.37. The molecule has 10 heteroatoms. The largest absolute Gasteiger partial charge is 0.495 e. The molecule has 186 valence electrons. The van der Waals surface area contributed by atoms with Crippen LogP contribution in [0.3, 0.4) is 0 Å². The lowest BCUT2D eigenvalue weighted by Crippen LogP contribution is -2.16. The molecule has 3 N–H and O–H groups in total. The summed E-state index contributed by atoms with van der Waals surface area (Å²) >= 11 is 12.6. The van der Waals surface area contributed by atoms with Gasteiger partial charge in [0, 0.05) is 48.6 Å². The number of ether oxygens (including phenoxy) is 1. The molecule has 3 aromatic heterocycles. The number of H-pyrrole nitrogens is 1. The van der Waals surface area contributed by atoms with E-state index in [2.05, 4.69) is 31.7 Å². The van der Waals surface area contributed by atoms with Crippen molar-refractivity contribution in [3.8, 4) is 23.1 Å². The van der Waals surface area contributed by atoms with Gasteiger partial charge >= 0.3 is 0 Å². The molecule has 0 spiro atoms. The highest BCUT2D eigenvalue weighted by Gasteiger charge is 2.15. The van der Waals surface area contributed by atoms with Crippen LogP contribution in [0.4, 0.5) is 11.4 Å². The number of nitrogens with zero attached hydrogens (tertiary/aromatic N) is 3. The van der Waals surface area contributed by atoms with E-state index in [4.69, 9.17) is 32.4 Å². The number of fused-ring (bicyclic) bond motifs is 1. The predicted molar refractivity (Wildman–Crippen MR) is 144 cm³/mol. The third-order valence-electron chi connectivity index (χ3n) is 5.83. The maximum absolute atomic E-state index is 9.71. The second kappa shape index (κ2) is 10.9. The summed E-state index contributed by atoms with van der Waals surface area (Å²) in [5.41, 5.74) is 3.11. The van der Waals surface area contributed by atoms with Gasteiger partial charge in [0.2, 0.25) is 0 Å². The Bertz CT molecular complexity index is 1590. The van der Waals surface area contributed by atoms with Gasteiger partial charge in [0.05, 0.1) is 46.2 Å². The Hall–Kier alpha value is -4.03. The van der Waals surface area contributed by atoms with E-state index < -0.39 is 0 Å². The molecule has 0 unspecified atom stereocenters. The normalized spacial score (nSPS) is 11.0. The van der Waals surface area contributed by atoms with Gasteiger partial charge in [-0.1, -0.05) is 29.3 Å². The molecule has 0 bridgehead atoms. The van der Waals surface area contributed by atoms with Crippen molar-refractivity contribution >= 4 is 45.5 Å². The standard InChI is InChI=1S/C27H22Cl2N6O2/c1-36-25-12-23(20(28)11-21(25)29)35-27-17(13-30)14-34-22-10-16(2-4-19(22)27)24-5-3-18(37-24)15-31-7-6-26-32-8-9-33-26/h2-5,8-12,14,31H,6-7,15H2,1H3,(H,32,33)(H,34,35). The molecular formula is C27H22Cl2N6O2. The minimum absolute atomic E-state index is 0.381. The van der Waals surface area contributed by atoms with Crippen LogP contribution in [0.25, 0.3) is 22.2 Å². The van der Waals surface area contributed by atoms with Crippen LogP contribution in [0, 0.1) is 11.3 Å². The minimum atomic E-state index is 0.381. The van der Waals surface area contributed by atoms with E-state index in [0.29, 0.717) is 44.8 Å². The number of methoxy groups -OCH3 is 1. The second-order valence-corrected chi connectivity index (χ2v) is 9.03. The second-order valence-electron chi connectivity index (χ2n) is 8.21. The SMILES string of the molecule is COc1cc(Nc2c(C#N)cnc3cc(-c4ccc(CNCCc5ncc[nH]5)o4)ccc23)c(Cl)cc1Cl. The molecule has 8 nitrogen and oxygen atoms in total. The van der Waals surface area contributed by atoms with Crippen molar-refractivity contribution in [2.24, 2.45) is 0 Å². The fraction of sp³-hybridized carbons (Fsp3) is 0.148. The molecule has 0 fully saturated rings. The summed E-state index contributed by atoms with van der Waals surface area (Å²) in [5.74, 6) is 2.98. The van der Waals surface area contributed by atoms with Crippen molar-refractivity contribution in [3.63, 3.8) is 0 Å². The number of hydrogen-bond acceptors (Lipinski definition) is 7. The van der Waals surface area contributed by atoms with Crippen LogP contribution < -0.4 is 15.4 Å². The number of nitriles is 1. The Kier molecular flexibility index (Phi) is 7.28. The molecule has 37 heavy (non-hydrogen) atoms. The molecule has 0 aliphatic rings. The third kappa shape index (κ3) is 5.39. The van der Waals surface area contributed by atoms with Gasteiger partial charge in [-0.25, -0.2) is 4.98 Å². The molecular weight excluding hydrogens is 511 g/mol. The number of nitrogens with one attached hydrogen (secondary N) is 3. The van der Waals surface area contributed by atoms with Crippen molar-refractivity contribution in [2.45, 2.75) is 13.0 Å². The van der Waals surface area contributed by atoms with Crippen molar-refractivity contribution in [3.05, 3.63) is 88.2 Å². The highest BCUT2D eigenvalue weighted by Crippen LogP contribution is 2.38. The zero-order chi connectivity index (χ0) is 25.8. The Morgan fingerprint density at radius 1 is 1.11 bits per heavy atom. The number of rotatable bonds is 9. The number of benzene rings is 2. The summed E-state index contributed by atoms with van der Waals surface area (Å²) in [5, 5.41) is 17.9. The van der Waals surface area contributed by atoms with Crippen molar-refractivity contribution in [2.75, 3.05) is 19.0 Å².